The van der Waals surface area contributed by atoms with Crippen molar-refractivity contribution in [2.45, 2.75) is 6.42 Å². The molecule has 0 atom stereocenters. The zero-order valence-corrected chi connectivity index (χ0v) is 10.1. The van der Waals surface area contributed by atoms with Gasteiger partial charge in [0.2, 0.25) is 0 Å². The fraction of sp³-hybridized carbons (Fsp3) is 0.462. The Morgan fingerprint density at radius 2 is 2.22 bits per heavy atom. The minimum atomic E-state index is 0.347. The van der Waals surface area contributed by atoms with E-state index in [1.54, 1.807) is 0 Å². The Bertz CT molecular complexity index is 593. The Morgan fingerprint density at radius 1 is 1.33 bits per heavy atom. The van der Waals surface area contributed by atoms with E-state index in [0.29, 0.717) is 17.1 Å². The van der Waals surface area contributed by atoms with E-state index in [4.69, 9.17) is 14.9 Å². The van der Waals surface area contributed by atoms with Crippen molar-refractivity contribution in [3.63, 3.8) is 0 Å². The van der Waals surface area contributed by atoms with Gasteiger partial charge in [0.1, 0.15) is 5.52 Å². The van der Waals surface area contributed by atoms with Crippen LogP contribution in [0.3, 0.4) is 0 Å². The number of rotatable bonds is 1. The summed E-state index contributed by atoms with van der Waals surface area (Å²) in [4.78, 5) is 6.66. The van der Waals surface area contributed by atoms with Crippen LogP contribution in [0.15, 0.2) is 22.6 Å². The number of hydrogen-bond donors (Lipinski definition) is 1. The molecule has 5 nitrogen and oxygen atoms in total. The number of benzene rings is 1. The van der Waals surface area contributed by atoms with E-state index in [9.17, 15) is 0 Å². The first kappa shape index (κ1) is 10.2. The number of oxazole rings is 1. The summed E-state index contributed by atoms with van der Waals surface area (Å²) in [6, 6.07) is 6.25. The molecule has 4 rings (SSSR count). The van der Waals surface area contributed by atoms with E-state index >= 15 is 0 Å². The Labute approximate surface area is 105 Å². The van der Waals surface area contributed by atoms with Gasteiger partial charge in [0.05, 0.1) is 6.61 Å². The maximum absolute atomic E-state index is 5.75. The highest BCUT2D eigenvalue weighted by Gasteiger charge is 2.47. The molecule has 2 fully saturated rings. The van der Waals surface area contributed by atoms with Crippen molar-refractivity contribution in [2.24, 2.45) is 5.41 Å². The summed E-state index contributed by atoms with van der Waals surface area (Å²) in [6.07, 6.45) is 1.15. The molecular weight excluding hydrogens is 230 g/mol. The van der Waals surface area contributed by atoms with Gasteiger partial charge in [0.15, 0.2) is 5.58 Å². The molecule has 2 aromatic rings. The molecular formula is C13H15N3O2. The van der Waals surface area contributed by atoms with Crippen molar-refractivity contribution >= 4 is 22.8 Å². The molecule has 5 heteroatoms. The molecule has 18 heavy (non-hydrogen) atoms. The van der Waals surface area contributed by atoms with Gasteiger partial charge in [0.25, 0.3) is 6.01 Å². The summed E-state index contributed by atoms with van der Waals surface area (Å²) in [7, 11) is 0. The second kappa shape index (κ2) is 3.38. The fourth-order valence-corrected chi connectivity index (χ4v) is 2.87. The van der Waals surface area contributed by atoms with E-state index in [1.165, 1.54) is 0 Å². The van der Waals surface area contributed by atoms with Crippen LogP contribution in [-0.2, 0) is 4.74 Å². The average molecular weight is 245 g/mol. The van der Waals surface area contributed by atoms with Crippen LogP contribution in [0.5, 0.6) is 0 Å². The monoisotopic (exact) mass is 245 g/mol. The maximum atomic E-state index is 5.75. The van der Waals surface area contributed by atoms with Crippen molar-refractivity contribution in [1.29, 1.82) is 0 Å². The van der Waals surface area contributed by atoms with Crippen molar-refractivity contribution in [2.75, 3.05) is 36.9 Å². The zero-order valence-electron chi connectivity index (χ0n) is 10.1. The van der Waals surface area contributed by atoms with Gasteiger partial charge in [0, 0.05) is 30.8 Å². The van der Waals surface area contributed by atoms with Crippen molar-refractivity contribution in [3.8, 4) is 0 Å². The average Bonchev–Trinajstić information content (AvgIpc) is 2.91. The third kappa shape index (κ3) is 1.40. The first-order valence-corrected chi connectivity index (χ1v) is 6.23. The lowest BCUT2D eigenvalue weighted by Gasteiger charge is -2.46. The summed E-state index contributed by atoms with van der Waals surface area (Å²) in [5.74, 6) is 0. The minimum Gasteiger partial charge on any atom is -0.423 e. The van der Waals surface area contributed by atoms with Gasteiger partial charge in [-0.3, -0.25) is 0 Å². The predicted octanol–water partition coefficient (Wildman–Crippen LogP) is 1.64. The molecule has 1 spiro atoms. The Balaban J connectivity index is 1.60. The molecule has 2 saturated heterocycles. The number of nitrogens with zero attached hydrogens (tertiary/aromatic N) is 2. The van der Waals surface area contributed by atoms with Gasteiger partial charge in [-0.1, -0.05) is 0 Å². The predicted molar refractivity (Wildman–Crippen MR) is 68.5 cm³/mol. The fourth-order valence-electron chi connectivity index (χ4n) is 2.87. The van der Waals surface area contributed by atoms with Crippen molar-refractivity contribution in [3.05, 3.63) is 18.2 Å². The Kier molecular flexibility index (Phi) is 1.92. The number of ether oxygens (including phenoxy) is 1. The highest BCUT2D eigenvalue weighted by Crippen LogP contribution is 2.41. The Morgan fingerprint density at radius 3 is 3.00 bits per heavy atom. The number of nitrogens with two attached hydrogens (primary N) is 1. The summed E-state index contributed by atoms with van der Waals surface area (Å²) < 4.78 is 11.2. The van der Waals surface area contributed by atoms with Gasteiger partial charge in [-0.05, 0) is 24.6 Å². The molecule has 94 valence electrons. The lowest BCUT2D eigenvalue weighted by Crippen LogP contribution is -2.57. The normalized spacial score (nSPS) is 21.7. The van der Waals surface area contributed by atoms with E-state index in [-0.39, 0.29) is 0 Å². The first-order chi connectivity index (χ1) is 8.74. The summed E-state index contributed by atoms with van der Waals surface area (Å²) >= 11 is 0. The molecule has 2 aliphatic rings. The molecule has 0 aliphatic carbocycles. The van der Waals surface area contributed by atoms with Crippen LogP contribution in [0.1, 0.15) is 6.42 Å². The second-order valence-electron chi connectivity index (χ2n) is 5.38. The number of fused-ring (bicyclic) bond motifs is 1. The standard InChI is InChI=1S/C13H15N3O2/c14-9-1-2-11-10(5-9)15-12(18-11)16-6-13(7-16)3-4-17-8-13/h1-2,5H,3-4,6-8,14H2. The summed E-state index contributed by atoms with van der Waals surface area (Å²) in [5, 5.41) is 0. The molecule has 0 amide bonds. The van der Waals surface area contributed by atoms with Crippen molar-refractivity contribution < 1.29 is 9.15 Å². The molecule has 3 heterocycles. The van der Waals surface area contributed by atoms with Gasteiger partial charge in [-0.15, -0.1) is 0 Å². The van der Waals surface area contributed by atoms with Gasteiger partial charge in [-0.2, -0.15) is 4.98 Å². The van der Waals surface area contributed by atoms with E-state index in [2.05, 4.69) is 9.88 Å². The van der Waals surface area contributed by atoms with Crippen LogP contribution in [0, 0.1) is 5.41 Å². The Hall–Kier alpha value is -1.75. The van der Waals surface area contributed by atoms with Crippen LogP contribution in [0.2, 0.25) is 0 Å². The highest BCUT2D eigenvalue weighted by atomic mass is 16.5. The molecule has 1 aromatic heterocycles. The first-order valence-electron chi connectivity index (χ1n) is 6.23. The smallest absolute Gasteiger partial charge is 0.298 e. The molecule has 2 N–H and O–H groups in total. The zero-order chi connectivity index (χ0) is 12.2. The molecule has 2 aliphatic heterocycles. The van der Waals surface area contributed by atoms with E-state index < -0.39 is 0 Å². The minimum absolute atomic E-state index is 0.347. The molecule has 0 radical (unpaired) electrons. The molecule has 1 aromatic carbocycles. The van der Waals surface area contributed by atoms with Crippen LogP contribution < -0.4 is 10.6 Å². The second-order valence-corrected chi connectivity index (χ2v) is 5.38. The summed E-state index contributed by atoms with van der Waals surface area (Å²) in [6.45, 7) is 3.72. The number of aromatic nitrogens is 1. The third-order valence-electron chi connectivity index (χ3n) is 3.91. The van der Waals surface area contributed by atoms with Crippen molar-refractivity contribution in [1.82, 2.24) is 4.98 Å². The number of hydrogen-bond acceptors (Lipinski definition) is 5. The maximum Gasteiger partial charge on any atom is 0.298 e. The molecule has 0 unspecified atom stereocenters. The third-order valence-corrected chi connectivity index (χ3v) is 3.91. The van der Waals surface area contributed by atoms with Gasteiger partial charge < -0.3 is 19.8 Å². The highest BCUT2D eigenvalue weighted by molar-refractivity contribution is 5.78. The van der Waals surface area contributed by atoms with E-state index in [1.807, 2.05) is 18.2 Å². The van der Waals surface area contributed by atoms with Crippen LogP contribution in [0.25, 0.3) is 11.1 Å². The lowest BCUT2D eigenvalue weighted by atomic mass is 9.80. The largest absolute Gasteiger partial charge is 0.423 e. The summed E-state index contributed by atoms with van der Waals surface area (Å²) in [5.41, 5.74) is 8.42. The van der Waals surface area contributed by atoms with E-state index in [0.717, 1.165) is 43.8 Å². The number of anilines is 2. The van der Waals surface area contributed by atoms with Gasteiger partial charge >= 0.3 is 0 Å². The van der Waals surface area contributed by atoms with Crippen LogP contribution in [0.4, 0.5) is 11.7 Å². The quantitative estimate of drug-likeness (QED) is 0.774. The van der Waals surface area contributed by atoms with Crippen LogP contribution in [-0.4, -0.2) is 31.3 Å². The lowest BCUT2D eigenvalue weighted by molar-refractivity contribution is 0.128. The molecule has 0 saturated carbocycles. The number of nitrogen functional groups attached to an aromatic ring is 1. The molecule has 0 bridgehead atoms. The topological polar surface area (TPSA) is 64.5 Å². The van der Waals surface area contributed by atoms with Gasteiger partial charge in [-0.25, -0.2) is 0 Å². The van der Waals surface area contributed by atoms with Crippen LogP contribution >= 0.6 is 0 Å². The SMILES string of the molecule is Nc1ccc2oc(N3CC4(CCOC4)C3)nc2c1.